The molecule has 0 aromatic heterocycles. The van der Waals surface area contributed by atoms with Gasteiger partial charge in [0.05, 0.1) is 12.6 Å². The van der Waals surface area contributed by atoms with Gasteiger partial charge < -0.3 is 63.4 Å². The van der Waals surface area contributed by atoms with Crippen molar-refractivity contribution in [2.75, 3.05) is 45.8 Å². The Morgan fingerprint density at radius 1 is 0.552 bits per heavy atom. The fourth-order valence-electron chi connectivity index (χ4n) is 10.3. The Morgan fingerprint density at radius 3 is 1.55 bits per heavy atom. The predicted octanol–water partition coefficient (Wildman–Crippen LogP) is -2.01. The Morgan fingerprint density at radius 2 is 1.00 bits per heavy atom. The maximum Gasteiger partial charge on any atom is 0.246 e. The van der Waals surface area contributed by atoms with Gasteiger partial charge in [-0.2, -0.15) is 0 Å². The number of hydrogen-bond acceptors (Lipinski definition) is 11. The summed E-state index contributed by atoms with van der Waals surface area (Å²) in [6, 6.07) is -6.96. The maximum atomic E-state index is 14.3. The summed E-state index contributed by atoms with van der Waals surface area (Å²) in [5, 5.41) is 8.42. The van der Waals surface area contributed by atoms with Gasteiger partial charge in [0.1, 0.15) is 42.3 Å². The Bertz CT molecular complexity index is 1880. The number of aliphatic imine (C=N–C) groups is 1. The summed E-state index contributed by atoms with van der Waals surface area (Å²) < 4.78 is 0. The van der Waals surface area contributed by atoms with E-state index in [4.69, 9.17) is 22.9 Å². The SMILES string of the molecule is CC(C)CC(N)C(=O)N1CCCC1C(=O)N1CCCC1C(=O)NCC(=O)N1CCCC1C(=O)NC(CC(C)C)C(=O)N1CCCC1C(=O)NC(CCCN=C(N)N)C(=O)N1CCCC1C(N)=O. The van der Waals surface area contributed by atoms with Crippen LogP contribution in [0.2, 0.25) is 0 Å². The van der Waals surface area contributed by atoms with Crippen LogP contribution in [0, 0.1) is 11.8 Å². The van der Waals surface area contributed by atoms with E-state index in [0.29, 0.717) is 96.7 Å². The normalized spacial score (nSPS) is 24.2. The topological polar surface area (TPSA) is 322 Å². The number of hydrogen-bond donors (Lipinski definition) is 7. The lowest BCUT2D eigenvalue weighted by atomic mass is 10.0. The van der Waals surface area contributed by atoms with Crippen molar-refractivity contribution in [1.82, 2.24) is 40.4 Å². The molecular formula is C45H75N13O9. The van der Waals surface area contributed by atoms with Crippen LogP contribution in [-0.4, -0.2) is 178 Å². The van der Waals surface area contributed by atoms with E-state index in [1.165, 1.54) is 19.6 Å². The van der Waals surface area contributed by atoms with E-state index < -0.39 is 96.2 Å². The number of nitrogens with one attached hydrogen (secondary N) is 3. The number of likely N-dealkylation sites (tertiary alicyclic amines) is 5. The number of carbonyl (C=O) groups excluding carboxylic acids is 9. The first kappa shape index (κ1) is 52.4. The summed E-state index contributed by atoms with van der Waals surface area (Å²) in [6.07, 6.45) is 6.00. The quantitative estimate of drug-likeness (QED) is 0.0396. The number of rotatable bonds is 20. The van der Waals surface area contributed by atoms with Crippen molar-refractivity contribution in [1.29, 1.82) is 0 Å². The van der Waals surface area contributed by atoms with Crippen LogP contribution in [0.5, 0.6) is 0 Å². The zero-order chi connectivity index (χ0) is 49.1. The highest BCUT2D eigenvalue weighted by atomic mass is 16.2. The molecule has 22 nitrogen and oxygen atoms in total. The molecule has 0 aliphatic carbocycles. The predicted molar refractivity (Wildman–Crippen MR) is 247 cm³/mol. The van der Waals surface area contributed by atoms with Crippen molar-refractivity contribution in [2.24, 2.45) is 39.8 Å². The molecule has 5 fully saturated rings. The second-order valence-electron chi connectivity index (χ2n) is 19.6. The van der Waals surface area contributed by atoms with Crippen molar-refractivity contribution in [2.45, 2.75) is 166 Å². The molecule has 0 radical (unpaired) electrons. The number of nitrogens with two attached hydrogens (primary N) is 4. The minimum Gasteiger partial charge on any atom is -0.370 e. The van der Waals surface area contributed by atoms with Crippen molar-refractivity contribution in [3.05, 3.63) is 0 Å². The van der Waals surface area contributed by atoms with Gasteiger partial charge in [0.2, 0.25) is 53.2 Å². The summed E-state index contributed by atoms with van der Waals surface area (Å²) in [7, 11) is 0. The maximum absolute atomic E-state index is 14.3. The fraction of sp³-hybridized carbons (Fsp3) is 0.778. The third-order valence-electron chi connectivity index (χ3n) is 13.6. The number of primary amides is 1. The zero-order valence-electron chi connectivity index (χ0n) is 39.8. The Balaban J connectivity index is 1.19. The molecule has 0 bridgehead atoms. The molecule has 5 saturated heterocycles. The summed E-state index contributed by atoms with van der Waals surface area (Å²) in [4.78, 5) is 134. The van der Waals surface area contributed by atoms with Gasteiger partial charge in [-0.05, 0) is 102 Å². The number of carbonyl (C=O) groups is 9. The van der Waals surface area contributed by atoms with E-state index in [1.807, 2.05) is 27.7 Å². The van der Waals surface area contributed by atoms with Crippen LogP contribution in [0.25, 0.3) is 0 Å². The molecular weight excluding hydrogens is 867 g/mol. The average molecular weight is 942 g/mol. The van der Waals surface area contributed by atoms with Crippen LogP contribution < -0.4 is 38.9 Å². The standard InChI is InChI=1S/C45H75N13O9/c1-26(2)23-28(46)41(64)58-22-10-16-35(58)44(67)57-21-8-13-32(57)38(61)51-25-36(59)54-18-7-14-33(54)39(62)53-30(24-27(3)4)43(66)56-20-9-15-34(56)40(63)52-29(11-5-17-50-45(48)49)42(65)55-19-6-12-31(55)37(47)60/h26-35H,5-25,46H2,1-4H3,(H2,47,60)(H,51,61)(H,52,63)(H,53,62)(H4,48,49,50). The van der Waals surface area contributed by atoms with Gasteiger partial charge in [0.25, 0.3) is 0 Å². The highest BCUT2D eigenvalue weighted by molar-refractivity contribution is 5.98. The van der Waals surface area contributed by atoms with Gasteiger partial charge >= 0.3 is 0 Å². The molecule has 8 unspecified atom stereocenters. The van der Waals surface area contributed by atoms with Crippen LogP contribution in [0.1, 0.15) is 118 Å². The fourth-order valence-corrected chi connectivity index (χ4v) is 10.3. The van der Waals surface area contributed by atoms with Crippen molar-refractivity contribution in [3.8, 4) is 0 Å². The molecule has 8 atom stereocenters. The molecule has 374 valence electrons. The third kappa shape index (κ3) is 13.3. The van der Waals surface area contributed by atoms with Crippen LogP contribution in [-0.2, 0) is 43.2 Å². The first-order chi connectivity index (χ1) is 31.8. The zero-order valence-corrected chi connectivity index (χ0v) is 39.8. The second kappa shape index (κ2) is 24.0. The second-order valence-corrected chi connectivity index (χ2v) is 19.6. The molecule has 0 spiro atoms. The van der Waals surface area contributed by atoms with Crippen LogP contribution in [0.4, 0.5) is 0 Å². The van der Waals surface area contributed by atoms with E-state index in [0.717, 1.165) is 0 Å². The van der Waals surface area contributed by atoms with Gasteiger partial charge in [-0.15, -0.1) is 0 Å². The Hall–Kier alpha value is -5.54. The minimum atomic E-state index is -1.04. The molecule has 5 heterocycles. The lowest BCUT2D eigenvalue weighted by molar-refractivity contribution is -0.147. The molecule has 67 heavy (non-hydrogen) atoms. The van der Waals surface area contributed by atoms with E-state index >= 15 is 0 Å². The average Bonchev–Trinajstić information content (AvgIpc) is 4.14. The third-order valence-corrected chi connectivity index (χ3v) is 13.6. The van der Waals surface area contributed by atoms with Gasteiger partial charge in [0, 0.05) is 39.3 Å². The monoisotopic (exact) mass is 942 g/mol. The minimum absolute atomic E-state index is 0.0479. The molecule has 5 aliphatic heterocycles. The van der Waals surface area contributed by atoms with E-state index in [9.17, 15) is 43.2 Å². The van der Waals surface area contributed by atoms with Gasteiger partial charge in [0.15, 0.2) is 5.96 Å². The van der Waals surface area contributed by atoms with Crippen molar-refractivity contribution < 1.29 is 43.2 Å². The Kier molecular flexibility index (Phi) is 18.7. The molecule has 0 saturated carbocycles. The summed E-state index contributed by atoms with van der Waals surface area (Å²) in [5.41, 5.74) is 22.7. The molecule has 5 aliphatic rings. The molecule has 0 aromatic rings. The lowest BCUT2D eigenvalue weighted by Crippen LogP contribution is -2.59. The lowest BCUT2D eigenvalue weighted by Gasteiger charge is -2.33. The highest BCUT2D eigenvalue weighted by Crippen LogP contribution is 2.27. The Labute approximate surface area is 393 Å². The van der Waals surface area contributed by atoms with Crippen LogP contribution in [0.15, 0.2) is 4.99 Å². The molecule has 22 heteroatoms. The molecule has 5 rings (SSSR count). The van der Waals surface area contributed by atoms with Crippen LogP contribution >= 0.6 is 0 Å². The number of guanidine groups is 1. The molecule has 9 amide bonds. The number of nitrogens with zero attached hydrogens (tertiary/aromatic N) is 6. The van der Waals surface area contributed by atoms with Crippen molar-refractivity contribution in [3.63, 3.8) is 0 Å². The largest absolute Gasteiger partial charge is 0.370 e. The summed E-state index contributed by atoms with van der Waals surface area (Å²) >= 11 is 0. The van der Waals surface area contributed by atoms with Crippen molar-refractivity contribution >= 4 is 59.1 Å². The van der Waals surface area contributed by atoms with E-state index in [1.54, 1.807) is 4.90 Å². The number of amides is 9. The van der Waals surface area contributed by atoms with Gasteiger partial charge in [-0.1, -0.05) is 27.7 Å². The summed E-state index contributed by atoms with van der Waals surface area (Å²) in [6.45, 7) is 9.10. The molecule has 11 N–H and O–H groups in total. The highest BCUT2D eigenvalue weighted by Gasteiger charge is 2.45. The molecule has 0 aromatic carbocycles. The first-order valence-corrected chi connectivity index (χ1v) is 24.3. The van der Waals surface area contributed by atoms with E-state index in [-0.39, 0.29) is 62.1 Å². The van der Waals surface area contributed by atoms with Gasteiger partial charge in [-0.3, -0.25) is 48.1 Å². The van der Waals surface area contributed by atoms with Crippen LogP contribution in [0.3, 0.4) is 0 Å². The van der Waals surface area contributed by atoms with Gasteiger partial charge in [-0.25, -0.2) is 0 Å². The van der Waals surface area contributed by atoms with E-state index in [2.05, 4.69) is 20.9 Å². The smallest absolute Gasteiger partial charge is 0.246 e. The summed E-state index contributed by atoms with van der Waals surface area (Å²) in [5.74, 6) is -4.16. The first-order valence-electron chi connectivity index (χ1n) is 24.3.